The predicted octanol–water partition coefficient (Wildman–Crippen LogP) is 3.93. The number of nitrogens with zero attached hydrogens (tertiary/aromatic N) is 2. The normalized spacial score (nSPS) is 12.8. The number of hydrogen-bond donors (Lipinski definition) is 4. The van der Waals surface area contributed by atoms with Crippen molar-refractivity contribution >= 4 is 28.5 Å². The van der Waals surface area contributed by atoms with Crippen LogP contribution in [-0.4, -0.2) is 45.5 Å². The Bertz CT molecular complexity index is 1220. The highest BCUT2D eigenvalue weighted by Crippen LogP contribution is 2.29. The van der Waals surface area contributed by atoms with Crippen LogP contribution in [0.3, 0.4) is 0 Å². The van der Waals surface area contributed by atoms with Crippen LogP contribution < -0.4 is 16.0 Å². The first-order chi connectivity index (χ1) is 16.6. The van der Waals surface area contributed by atoms with Gasteiger partial charge in [0.25, 0.3) is 0 Å². The fraction of sp³-hybridized carbons (Fsp3) is 0.333. The molecule has 3 aromatic rings. The molecule has 3 aromatic heterocycles. The number of carbonyl (C=O) groups excluding carboxylic acids is 2. The molecule has 0 spiro atoms. The summed E-state index contributed by atoms with van der Waals surface area (Å²) in [4.78, 5) is 35.8. The Hall–Kier alpha value is -3.89. The van der Waals surface area contributed by atoms with E-state index in [1.807, 2.05) is 11.4 Å². The Kier molecular flexibility index (Phi) is 8.10. The first kappa shape index (κ1) is 25.7. The van der Waals surface area contributed by atoms with Crippen LogP contribution in [0.25, 0.3) is 22.2 Å². The Balaban J connectivity index is 1.82. The van der Waals surface area contributed by atoms with E-state index >= 15 is 0 Å². The van der Waals surface area contributed by atoms with Crippen LogP contribution in [0.1, 0.15) is 26.3 Å². The first-order valence-corrected chi connectivity index (χ1v) is 11.0. The Morgan fingerprint density at radius 2 is 1.91 bits per heavy atom. The molecule has 0 aliphatic rings. The lowest BCUT2D eigenvalue weighted by atomic mass is 10.0. The van der Waals surface area contributed by atoms with Crippen molar-refractivity contribution in [1.82, 2.24) is 25.6 Å². The summed E-state index contributed by atoms with van der Waals surface area (Å²) in [6.45, 7) is 4.15. The second-order valence-electron chi connectivity index (χ2n) is 8.32. The van der Waals surface area contributed by atoms with E-state index in [-0.39, 0.29) is 11.8 Å². The Morgan fingerprint density at radius 3 is 2.60 bits per heavy atom. The third kappa shape index (κ3) is 7.05. The molecule has 8 nitrogen and oxygen atoms in total. The van der Waals surface area contributed by atoms with Gasteiger partial charge in [-0.25, -0.2) is 4.98 Å². The second-order valence-corrected chi connectivity index (χ2v) is 8.32. The summed E-state index contributed by atoms with van der Waals surface area (Å²) in [6.07, 6.45) is 5.19. The third-order valence-electron chi connectivity index (χ3n) is 5.16. The molecule has 0 saturated carbocycles. The molecule has 0 fully saturated rings. The summed E-state index contributed by atoms with van der Waals surface area (Å²) < 4.78 is 37.6. The summed E-state index contributed by atoms with van der Waals surface area (Å²) in [7, 11) is 0. The smallest absolute Gasteiger partial charge is 0.372 e. The van der Waals surface area contributed by atoms with Crippen molar-refractivity contribution in [2.45, 2.75) is 39.5 Å². The number of allylic oxidation sites excluding steroid dienone is 1. The van der Waals surface area contributed by atoms with E-state index in [4.69, 9.17) is 0 Å². The van der Waals surface area contributed by atoms with Gasteiger partial charge in [0.05, 0.1) is 5.69 Å². The average Bonchev–Trinajstić information content (AvgIpc) is 3.23. The zero-order valence-electron chi connectivity index (χ0n) is 19.5. The van der Waals surface area contributed by atoms with Crippen LogP contribution in [0.2, 0.25) is 0 Å². The van der Waals surface area contributed by atoms with E-state index in [9.17, 15) is 22.8 Å². The van der Waals surface area contributed by atoms with E-state index < -0.39 is 24.7 Å². The largest absolute Gasteiger partial charge is 0.405 e. The second kappa shape index (κ2) is 11.0. The van der Waals surface area contributed by atoms with Gasteiger partial charge in [-0.2, -0.15) is 13.2 Å². The standard InChI is InChI=1S/C24H27F3N6O2/c1-4-5-20(34)29-8-15-6-18-19(12-31-22(18)30-9-15)16-7-17(11-28-10-16)33-21(14(2)3)23(35)32-13-24(25,26)27/h4-7,9-12,14,21,33H,8,13H2,1-3H3,(H,29,34)(H,30,31)(H,32,35). The van der Waals surface area contributed by atoms with Crippen LogP contribution in [0.4, 0.5) is 18.9 Å². The van der Waals surface area contributed by atoms with E-state index in [2.05, 4.69) is 25.6 Å². The van der Waals surface area contributed by atoms with Crippen LogP contribution >= 0.6 is 0 Å². The molecule has 4 N–H and O–H groups in total. The molecule has 186 valence electrons. The maximum absolute atomic E-state index is 12.5. The van der Waals surface area contributed by atoms with Crippen LogP contribution in [0, 0.1) is 5.92 Å². The van der Waals surface area contributed by atoms with Gasteiger partial charge in [0, 0.05) is 47.8 Å². The summed E-state index contributed by atoms with van der Waals surface area (Å²) >= 11 is 0. The third-order valence-corrected chi connectivity index (χ3v) is 5.16. The van der Waals surface area contributed by atoms with Crippen molar-refractivity contribution in [3.63, 3.8) is 0 Å². The number of anilines is 1. The molecule has 0 bridgehead atoms. The molecular weight excluding hydrogens is 461 g/mol. The van der Waals surface area contributed by atoms with Crippen molar-refractivity contribution in [1.29, 1.82) is 0 Å². The number of carbonyl (C=O) groups is 2. The molecule has 0 aliphatic heterocycles. The van der Waals surface area contributed by atoms with E-state index in [1.165, 1.54) is 12.3 Å². The van der Waals surface area contributed by atoms with Gasteiger partial charge in [-0.15, -0.1) is 0 Å². The van der Waals surface area contributed by atoms with Gasteiger partial charge < -0.3 is 20.9 Å². The molecule has 0 saturated heterocycles. The van der Waals surface area contributed by atoms with Crippen molar-refractivity contribution < 1.29 is 22.8 Å². The highest BCUT2D eigenvalue weighted by atomic mass is 19.4. The van der Waals surface area contributed by atoms with Gasteiger partial charge in [-0.05, 0) is 36.6 Å². The lowest BCUT2D eigenvalue weighted by Gasteiger charge is -2.23. The fourth-order valence-electron chi connectivity index (χ4n) is 3.46. The highest BCUT2D eigenvalue weighted by molar-refractivity contribution is 5.94. The predicted molar refractivity (Wildman–Crippen MR) is 127 cm³/mol. The SMILES string of the molecule is CC=CC(=O)NCc1cnc2[nH]cc(-c3cncc(NC(C(=O)NCC(F)(F)F)C(C)C)c3)c2c1. The topological polar surface area (TPSA) is 112 Å². The first-order valence-electron chi connectivity index (χ1n) is 11.0. The van der Waals surface area contributed by atoms with E-state index in [0.717, 1.165) is 22.1 Å². The van der Waals surface area contributed by atoms with Crippen LogP contribution in [-0.2, 0) is 16.1 Å². The van der Waals surface area contributed by atoms with Crippen LogP contribution in [0.5, 0.6) is 0 Å². The van der Waals surface area contributed by atoms with Gasteiger partial charge >= 0.3 is 6.18 Å². The number of pyridine rings is 2. The maximum atomic E-state index is 12.5. The number of rotatable bonds is 9. The number of H-pyrrole nitrogens is 1. The quantitative estimate of drug-likeness (QED) is 0.341. The summed E-state index contributed by atoms with van der Waals surface area (Å²) in [6, 6.07) is 2.79. The number of aromatic nitrogens is 3. The summed E-state index contributed by atoms with van der Waals surface area (Å²) in [5.41, 5.74) is 3.46. The minimum Gasteiger partial charge on any atom is -0.372 e. The summed E-state index contributed by atoms with van der Waals surface area (Å²) in [5, 5.41) is 8.52. The van der Waals surface area contributed by atoms with Gasteiger partial charge in [0.15, 0.2) is 0 Å². The van der Waals surface area contributed by atoms with Crippen molar-refractivity contribution in [3.05, 3.63) is 54.6 Å². The molecule has 1 unspecified atom stereocenters. The molecule has 3 rings (SSSR count). The van der Waals surface area contributed by atoms with Crippen molar-refractivity contribution in [3.8, 4) is 11.1 Å². The molecule has 3 heterocycles. The van der Waals surface area contributed by atoms with Gasteiger partial charge in [0.2, 0.25) is 11.8 Å². The van der Waals surface area contributed by atoms with Gasteiger partial charge in [-0.3, -0.25) is 14.6 Å². The summed E-state index contributed by atoms with van der Waals surface area (Å²) in [5.74, 6) is -1.23. The van der Waals surface area contributed by atoms with Crippen molar-refractivity contribution in [2.75, 3.05) is 11.9 Å². The average molecular weight is 489 g/mol. The molecule has 1 atom stereocenters. The lowest BCUT2D eigenvalue weighted by Crippen LogP contribution is -2.46. The monoisotopic (exact) mass is 488 g/mol. The van der Waals surface area contributed by atoms with Gasteiger partial charge in [-0.1, -0.05) is 19.9 Å². The number of hydrogen-bond acceptors (Lipinski definition) is 5. The number of amides is 2. The van der Waals surface area contributed by atoms with Crippen LogP contribution in [0.15, 0.2) is 49.1 Å². The molecule has 0 radical (unpaired) electrons. The van der Waals surface area contributed by atoms with Gasteiger partial charge in [0.1, 0.15) is 18.2 Å². The highest BCUT2D eigenvalue weighted by Gasteiger charge is 2.30. The fourth-order valence-corrected chi connectivity index (χ4v) is 3.46. The van der Waals surface area contributed by atoms with Crippen molar-refractivity contribution in [2.24, 2.45) is 5.92 Å². The minimum atomic E-state index is -4.49. The number of alkyl halides is 3. The molecule has 11 heteroatoms. The number of aromatic amines is 1. The number of fused-ring (bicyclic) bond motifs is 1. The lowest BCUT2D eigenvalue weighted by molar-refractivity contribution is -0.139. The zero-order valence-corrected chi connectivity index (χ0v) is 19.5. The molecule has 0 aromatic carbocycles. The molecule has 0 aliphatic carbocycles. The number of halogens is 3. The van der Waals surface area contributed by atoms with E-state index in [0.29, 0.717) is 17.9 Å². The van der Waals surface area contributed by atoms with E-state index in [1.54, 1.807) is 51.5 Å². The maximum Gasteiger partial charge on any atom is 0.405 e. The minimum absolute atomic E-state index is 0.205. The zero-order chi connectivity index (χ0) is 25.6. The molecule has 2 amide bonds. The number of nitrogens with one attached hydrogen (secondary N) is 4. The Morgan fingerprint density at radius 1 is 1.14 bits per heavy atom. The molecule has 35 heavy (non-hydrogen) atoms. The molecular formula is C24H27F3N6O2. The Labute approximate surface area is 200 Å².